The summed E-state index contributed by atoms with van der Waals surface area (Å²) in [7, 11) is 1.57. The van der Waals surface area contributed by atoms with Crippen molar-refractivity contribution in [2.45, 2.75) is 13.0 Å². The number of fused-ring (bicyclic) bond motifs is 1. The van der Waals surface area contributed by atoms with Gasteiger partial charge in [0.25, 0.3) is 5.56 Å². The SMILES string of the molecule is CCOC(=O)C1=C(c2ccccc2)N=c2s/c(=C\c3ccc(-c4ccc(Cl)cc4)o3)c(=O)n2[C@@H]1c1cccc(OC)c1. The second-order valence-electron chi connectivity index (χ2n) is 9.42. The summed E-state index contributed by atoms with van der Waals surface area (Å²) in [6, 6.07) is 26.9. The highest BCUT2D eigenvalue weighted by Gasteiger charge is 2.35. The van der Waals surface area contributed by atoms with Crippen molar-refractivity contribution in [1.29, 1.82) is 0 Å². The monoisotopic (exact) mass is 596 g/mol. The smallest absolute Gasteiger partial charge is 0.338 e. The summed E-state index contributed by atoms with van der Waals surface area (Å²) in [5, 5.41) is 0.634. The lowest BCUT2D eigenvalue weighted by atomic mass is 9.93. The van der Waals surface area contributed by atoms with Crippen LogP contribution in [0.5, 0.6) is 5.75 Å². The van der Waals surface area contributed by atoms with E-state index < -0.39 is 12.0 Å². The van der Waals surface area contributed by atoms with Crippen LogP contribution in [0.4, 0.5) is 0 Å². The standard InChI is InChI=1S/C33H25ClN2O5S/c1-3-40-32(38)28-29(21-8-5-4-6-9-21)35-33-36(30(28)22-10-7-11-24(18-22)39-2)31(37)27(42-33)19-25-16-17-26(41-25)20-12-14-23(34)15-13-20/h4-19,30H,3H2,1-2H3/b27-19-/t30-/m1/s1. The lowest BCUT2D eigenvalue weighted by Gasteiger charge is -2.26. The maximum absolute atomic E-state index is 14.1. The van der Waals surface area contributed by atoms with E-state index in [4.69, 9.17) is 30.5 Å². The number of hydrogen-bond acceptors (Lipinski definition) is 7. The number of rotatable bonds is 7. The quantitative estimate of drug-likeness (QED) is 0.220. The Balaban J connectivity index is 1.57. The van der Waals surface area contributed by atoms with Gasteiger partial charge in [-0.25, -0.2) is 9.79 Å². The van der Waals surface area contributed by atoms with Gasteiger partial charge in [-0.3, -0.25) is 9.36 Å². The van der Waals surface area contributed by atoms with Crippen molar-refractivity contribution in [1.82, 2.24) is 4.57 Å². The van der Waals surface area contributed by atoms with Gasteiger partial charge in [-0.2, -0.15) is 0 Å². The van der Waals surface area contributed by atoms with Gasteiger partial charge in [0.05, 0.1) is 35.6 Å². The first-order valence-corrected chi connectivity index (χ1v) is 14.4. The summed E-state index contributed by atoms with van der Waals surface area (Å²) in [4.78, 5) is 33.0. The van der Waals surface area contributed by atoms with Crippen LogP contribution in [0.1, 0.15) is 29.9 Å². The Hall–Kier alpha value is -4.66. The molecule has 0 bridgehead atoms. The number of esters is 1. The van der Waals surface area contributed by atoms with E-state index >= 15 is 0 Å². The number of thiazole rings is 1. The van der Waals surface area contributed by atoms with Crippen LogP contribution < -0.4 is 19.6 Å². The summed E-state index contributed by atoms with van der Waals surface area (Å²) in [5.74, 6) is 1.22. The molecule has 42 heavy (non-hydrogen) atoms. The number of nitrogens with zero attached hydrogens (tertiary/aromatic N) is 2. The summed E-state index contributed by atoms with van der Waals surface area (Å²) in [5.41, 5.74) is 2.73. The molecule has 0 N–H and O–H groups in total. The summed E-state index contributed by atoms with van der Waals surface area (Å²) in [6.45, 7) is 1.92. The fraction of sp³-hybridized carbons (Fsp3) is 0.121. The van der Waals surface area contributed by atoms with E-state index in [1.807, 2.05) is 72.8 Å². The third-order valence-electron chi connectivity index (χ3n) is 6.81. The fourth-order valence-electron chi connectivity index (χ4n) is 4.90. The van der Waals surface area contributed by atoms with Crippen LogP contribution >= 0.6 is 22.9 Å². The number of ether oxygens (including phenoxy) is 2. The first-order chi connectivity index (χ1) is 20.5. The zero-order valence-electron chi connectivity index (χ0n) is 22.7. The van der Waals surface area contributed by atoms with E-state index in [1.165, 1.54) is 11.3 Å². The van der Waals surface area contributed by atoms with E-state index in [2.05, 4.69) is 0 Å². The van der Waals surface area contributed by atoms with Crippen molar-refractivity contribution in [2.75, 3.05) is 13.7 Å². The predicted molar refractivity (Wildman–Crippen MR) is 163 cm³/mol. The van der Waals surface area contributed by atoms with E-state index in [1.54, 1.807) is 42.9 Å². The third kappa shape index (κ3) is 5.22. The maximum atomic E-state index is 14.1. The van der Waals surface area contributed by atoms with Gasteiger partial charge < -0.3 is 13.9 Å². The Kier molecular flexibility index (Phi) is 7.65. The Bertz CT molecular complexity index is 1990. The molecule has 0 radical (unpaired) electrons. The number of carbonyl (C=O) groups excluding carboxylic acids is 1. The molecule has 2 aromatic heterocycles. The number of carbonyl (C=O) groups is 1. The second kappa shape index (κ2) is 11.7. The van der Waals surface area contributed by atoms with E-state index in [9.17, 15) is 9.59 Å². The molecule has 3 heterocycles. The molecule has 0 unspecified atom stereocenters. The van der Waals surface area contributed by atoms with Gasteiger partial charge in [0.15, 0.2) is 4.80 Å². The Morgan fingerprint density at radius 3 is 2.55 bits per heavy atom. The average Bonchev–Trinajstić information content (AvgIpc) is 3.61. The maximum Gasteiger partial charge on any atom is 0.338 e. The number of furan rings is 1. The van der Waals surface area contributed by atoms with Gasteiger partial charge >= 0.3 is 5.97 Å². The van der Waals surface area contributed by atoms with E-state index in [0.29, 0.717) is 42.9 Å². The lowest BCUT2D eigenvalue weighted by Crippen LogP contribution is -2.40. The number of methoxy groups -OCH3 is 1. The van der Waals surface area contributed by atoms with Crippen molar-refractivity contribution in [3.05, 3.63) is 138 Å². The van der Waals surface area contributed by atoms with Crippen molar-refractivity contribution in [3.8, 4) is 17.1 Å². The van der Waals surface area contributed by atoms with E-state index in [-0.39, 0.29) is 17.7 Å². The number of hydrogen-bond donors (Lipinski definition) is 0. The molecule has 0 aliphatic carbocycles. The highest BCUT2D eigenvalue weighted by atomic mass is 35.5. The molecule has 0 amide bonds. The van der Waals surface area contributed by atoms with Crippen molar-refractivity contribution >= 4 is 40.7 Å². The first-order valence-electron chi connectivity index (χ1n) is 13.2. The van der Waals surface area contributed by atoms with Crippen molar-refractivity contribution in [2.24, 2.45) is 4.99 Å². The van der Waals surface area contributed by atoms with Crippen LogP contribution in [0.3, 0.4) is 0 Å². The van der Waals surface area contributed by atoms with Crippen molar-refractivity contribution < 1.29 is 18.7 Å². The molecule has 7 nitrogen and oxygen atoms in total. The van der Waals surface area contributed by atoms with E-state index in [0.717, 1.165) is 11.1 Å². The molecule has 0 saturated heterocycles. The minimum absolute atomic E-state index is 0.175. The van der Waals surface area contributed by atoms with Crippen LogP contribution in [0, 0.1) is 0 Å². The highest BCUT2D eigenvalue weighted by Crippen LogP contribution is 2.36. The summed E-state index contributed by atoms with van der Waals surface area (Å²) >= 11 is 7.26. The Labute approximate surface area is 250 Å². The molecule has 210 valence electrons. The third-order valence-corrected chi connectivity index (χ3v) is 8.05. The predicted octanol–water partition coefficient (Wildman–Crippen LogP) is 5.86. The topological polar surface area (TPSA) is 83.0 Å². The van der Waals surface area contributed by atoms with Crippen molar-refractivity contribution in [3.63, 3.8) is 0 Å². The molecule has 9 heteroatoms. The molecule has 5 aromatic rings. The Morgan fingerprint density at radius 2 is 1.81 bits per heavy atom. The second-order valence-corrected chi connectivity index (χ2v) is 10.9. The van der Waals surface area contributed by atoms with Gasteiger partial charge in [-0.15, -0.1) is 0 Å². The largest absolute Gasteiger partial charge is 0.497 e. The molecular formula is C33H25ClN2O5S. The molecular weight excluding hydrogens is 572 g/mol. The molecule has 1 atom stereocenters. The minimum atomic E-state index is -0.797. The average molecular weight is 597 g/mol. The van der Waals surface area contributed by atoms with Crippen LogP contribution in [-0.2, 0) is 9.53 Å². The minimum Gasteiger partial charge on any atom is -0.497 e. The number of aromatic nitrogens is 1. The molecule has 1 aliphatic rings. The summed E-state index contributed by atoms with van der Waals surface area (Å²) < 4.78 is 19.0. The van der Waals surface area contributed by atoms with Gasteiger partial charge in [-0.05, 0) is 61.0 Å². The summed E-state index contributed by atoms with van der Waals surface area (Å²) in [6.07, 6.45) is 1.70. The van der Waals surface area contributed by atoms with Gasteiger partial charge in [0, 0.05) is 22.2 Å². The molecule has 3 aromatic carbocycles. The molecule has 6 rings (SSSR count). The van der Waals surface area contributed by atoms with Crippen LogP contribution in [0.15, 0.2) is 111 Å². The van der Waals surface area contributed by atoms with Gasteiger partial charge in [0.2, 0.25) is 0 Å². The zero-order chi connectivity index (χ0) is 29.2. The molecule has 1 aliphatic heterocycles. The highest BCUT2D eigenvalue weighted by molar-refractivity contribution is 7.07. The van der Waals surface area contributed by atoms with Gasteiger partial charge in [-0.1, -0.05) is 65.4 Å². The molecule has 0 spiro atoms. The number of benzene rings is 3. The lowest BCUT2D eigenvalue weighted by molar-refractivity contribution is -0.138. The molecule has 0 saturated carbocycles. The Morgan fingerprint density at radius 1 is 1.02 bits per heavy atom. The fourth-order valence-corrected chi connectivity index (χ4v) is 6.00. The zero-order valence-corrected chi connectivity index (χ0v) is 24.3. The van der Waals surface area contributed by atoms with Crippen LogP contribution in [0.2, 0.25) is 5.02 Å². The number of halogens is 1. The first kappa shape index (κ1) is 27.5. The van der Waals surface area contributed by atoms with Crippen LogP contribution in [0.25, 0.3) is 23.1 Å². The van der Waals surface area contributed by atoms with Gasteiger partial charge in [0.1, 0.15) is 17.3 Å². The van der Waals surface area contributed by atoms with Crippen LogP contribution in [-0.4, -0.2) is 24.3 Å². The normalized spacial score (nSPS) is 14.8. The molecule has 0 fully saturated rings.